The molecule has 0 bridgehead atoms. The third kappa shape index (κ3) is 34.1. The molecule has 0 radical (unpaired) electrons. The number of carbonyl (C=O) groups is 1. The van der Waals surface area contributed by atoms with Crippen molar-refractivity contribution in [3.8, 4) is 0 Å². The van der Waals surface area contributed by atoms with Gasteiger partial charge in [0.2, 0.25) is 5.91 Å². The summed E-state index contributed by atoms with van der Waals surface area (Å²) in [5.41, 5.74) is 0. The molecule has 2 aliphatic rings. The number of carbonyl (C=O) groups excluding carboxylic acids is 1. The van der Waals surface area contributed by atoms with E-state index >= 15 is 0 Å². The number of hydrogen-bond acceptors (Lipinski definition) is 13. The van der Waals surface area contributed by atoms with E-state index in [0.717, 1.165) is 51.4 Å². The van der Waals surface area contributed by atoms with Gasteiger partial charge in [0.1, 0.15) is 48.8 Å². The lowest BCUT2D eigenvalue weighted by atomic mass is 9.97. The van der Waals surface area contributed by atoms with Crippen LogP contribution >= 0.6 is 0 Å². The summed E-state index contributed by atoms with van der Waals surface area (Å²) in [4.78, 5) is 13.3. The minimum Gasteiger partial charge on any atom is -0.394 e. The highest BCUT2D eigenvalue weighted by Crippen LogP contribution is 2.30. The zero-order chi connectivity index (χ0) is 56.0. The van der Waals surface area contributed by atoms with Crippen molar-refractivity contribution in [1.29, 1.82) is 0 Å². The van der Waals surface area contributed by atoms with Gasteiger partial charge in [-0.05, 0) is 64.2 Å². The monoisotopic (exact) mass is 1090 g/mol. The predicted molar refractivity (Wildman–Crippen MR) is 309 cm³/mol. The van der Waals surface area contributed by atoms with Gasteiger partial charge in [0.05, 0.1) is 32.0 Å². The van der Waals surface area contributed by atoms with E-state index in [4.69, 9.17) is 18.9 Å². The number of hydrogen-bond donors (Lipinski definition) is 9. The fraction of sp³-hybridized carbons (Fsp3) is 0.857. The van der Waals surface area contributed by atoms with Gasteiger partial charge in [-0.25, -0.2) is 0 Å². The van der Waals surface area contributed by atoms with Crippen LogP contribution in [0.3, 0.4) is 0 Å². The smallest absolute Gasteiger partial charge is 0.220 e. The number of amides is 1. The fourth-order valence-electron chi connectivity index (χ4n) is 10.2. The Morgan fingerprint density at radius 2 is 0.870 bits per heavy atom. The Labute approximate surface area is 467 Å². The molecule has 0 saturated carbocycles. The Bertz CT molecular complexity index is 1480. The van der Waals surface area contributed by atoms with Crippen LogP contribution in [0.2, 0.25) is 0 Å². The van der Waals surface area contributed by atoms with Gasteiger partial charge < -0.3 is 65.1 Å². The van der Waals surface area contributed by atoms with Crippen molar-refractivity contribution in [3.63, 3.8) is 0 Å². The molecule has 0 spiro atoms. The molecule has 12 unspecified atom stereocenters. The number of rotatable bonds is 50. The quantitative estimate of drug-likeness (QED) is 0.0204. The summed E-state index contributed by atoms with van der Waals surface area (Å²) in [6.07, 6.45) is 44.4. The van der Waals surface area contributed by atoms with Crippen LogP contribution < -0.4 is 5.32 Å². The summed E-state index contributed by atoms with van der Waals surface area (Å²) in [6.45, 7) is 2.77. The van der Waals surface area contributed by atoms with E-state index in [2.05, 4.69) is 55.6 Å². The van der Waals surface area contributed by atoms with Gasteiger partial charge in [-0.1, -0.05) is 229 Å². The first-order chi connectivity index (χ1) is 37.6. The first-order valence-corrected chi connectivity index (χ1v) is 31.4. The molecule has 0 aromatic rings. The van der Waals surface area contributed by atoms with Crippen molar-refractivity contribution >= 4 is 5.91 Å². The lowest BCUT2D eigenvalue weighted by Crippen LogP contribution is -2.65. The predicted octanol–water partition coefficient (Wildman–Crippen LogP) is 11.2. The summed E-state index contributed by atoms with van der Waals surface area (Å²) in [7, 11) is 0. The topological polar surface area (TPSA) is 228 Å². The second kappa shape index (κ2) is 48.6. The molecule has 0 aromatic heterocycles. The van der Waals surface area contributed by atoms with Crippen molar-refractivity contribution in [2.45, 2.75) is 325 Å². The van der Waals surface area contributed by atoms with Gasteiger partial charge >= 0.3 is 0 Å². The number of aliphatic hydroxyl groups is 8. The van der Waals surface area contributed by atoms with Gasteiger partial charge in [0.15, 0.2) is 12.6 Å². The molecule has 450 valence electrons. The first-order valence-electron chi connectivity index (χ1n) is 31.4. The molecular weight excluding hydrogens is 979 g/mol. The van der Waals surface area contributed by atoms with E-state index in [1.165, 1.54) is 167 Å². The summed E-state index contributed by atoms with van der Waals surface area (Å²) in [5, 5.41) is 87.1. The first kappa shape index (κ1) is 71.1. The molecule has 2 aliphatic heterocycles. The largest absolute Gasteiger partial charge is 0.394 e. The van der Waals surface area contributed by atoms with E-state index in [1.54, 1.807) is 6.08 Å². The lowest BCUT2D eigenvalue weighted by Gasteiger charge is -2.46. The van der Waals surface area contributed by atoms with E-state index in [-0.39, 0.29) is 18.9 Å². The number of allylic oxidation sites excluding steroid dienone is 7. The van der Waals surface area contributed by atoms with Crippen molar-refractivity contribution in [3.05, 3.63) is 48.6 Å². The Morgan fingerprint density at radius 1 is 0.468 bits per heavy atom. The Morgan fingerprint density at radius 3 is 1.38 bits per heavy atom. The van der Waals surface area contributed by atoms with Gasteiger partial charge in [0.25, 0.3) is 0 Å². The van der Waals surface area contributed by atoms with Crippen LogP contribution in [0.1, 0.15) is 251 Å². The Balaban J connectivity index is 1.75. The van der Waals surface area contributed by atoms with Crippen LogP contribution in [-0.4, -0.2) is 140 Å². The van der Waals surface area contributed by atoms with Crippen LogP contribution in [0, 0.1) is 0 Å². The highest BCUT2D eigenvalue weighted by molar-refractivity contribution is 5.76. The maximum Gasteiger partial charge on any atom is 0.220 e. The molecule has 9 N–H and O–H groups in total. The van der Waals surface area contributed by atoms with E-state index in [9.17, 15) is 45.6 Å². The molecule has 2 heterocycles. The van der Waals surface area contributed by atoms with Crippen LogP contribution in [0.25, 0.3) is 0 Å². The molecule has 2 saturated heterocycles. The molecule has 77 heavy (non-hydrogen) atoms. The SMILES string of the molecule is CCCCC/C=C\C/C=C\CCCCCCCCCC(=O)NC(COC1OC(CO)C(OC2OC(CO)C(O)C(O)C2O)C(O)C1O)C(O)/C=C/CC/C=C/CCCCCCCCCCCCCCCCCCCCCC. The molecular formula is C63H115NO13. The molecule has 0 aromatic carbocycles. The summed E-state index contributed by atoms with van der Waals surface area (Å²) in [5.74, 6) is -0.257. The fourth-order valence-corrected chi connectivity index (χ4v) is 10.2. The maximum absolute atomic E-state index is 13.3. The number of ether oxygens (including phenoxy) is 4. The Hall–Kier alpha value is -2.05. The second-order valence-corrected chi connectivity index (χ2v) is 22.2. The van der Waals surface area contributed by atoms with E-state index < -0.39 is 86.8 Å². The average molecular weight is 1090 g/mol. The molecule has 14 nitrogen and oxygen atoms in total. The zero-order valence-corrected chi connectivity index (χ0v) is 48.5. The summed E-state index contributed by atoms with van der Waals surface area (Å²) >= 11 is 0. The molecule has 0 aliphatic carbocycles. The molecule has 2 rings (SSSR count). The van der Waals surface area contributed by atoms with Crippen molar-refractivity contribution < 1.29 is 64.6 Å². The van der Waals surface area contributed by atoms with Crippen LogP contribution in [0.15, 0.2) is 48.6 Å². The molecule has 14 heteroatoms. The normalized spacial score (nSPS) is 25.0. The number of aliphatic hydroxyl groups excluding tert-OH is 8. The molecule has 1 amide bonds. The zero-order valence-electron chi connectivity index (χ0n) is 48.5. The third-order valence-electron chi connectivity index (χ3n) is 15.2. The highest BCUT2D eigenvalue weighted by Gasteiger charge is 2.51. The number of unbranched alkanes of at least 4 members (excludes halogenated alkanes) is 31. The summed E-state index contributed by atoms with van der Waals surface area (Å²) < 4.78 is 22.8. The van der Waals surface area contributed by atoms with Crippen molar-refractivity contribution in [2.24, 2.45) is 0 Å². The summed E-state index contributed by atoms with van der Waals surface area (Å²) in [6, 6.07) is -0.937. The van der Waals surface area contributed by atoms with Crippen molar-refractivity contribution in [1.82, 2.24) is 5.32 Å². The van der Waals surface area contributed by atoms with Gasteiger partial charge in [-0.2, -0.15) is 0 Å². The Kier molecular flexibility index (Phi) is 44.9. The van der Waals surface area contributed by atoms with Crippen LogP contribution in [0.5, 0.6) is 0 Å². The van der Waals surface area contributed by atoms with Gasteiger partial charge in [-0.15, -0.1) is 0 Å². The van der Waals surface area contributed by atoms with Crippen LogP contribution in [-0.2, 0) is 23.7 Å². The minimum absolute atomic E-state index is 0.257. The van der Waals surface area contributed by atoms with E-state index in [1.807, 2.05) is 6.08 Å². The van der Waals surface area contributed by atoms with Gasteiger partial charge in [-0.3, -0.25) is 4.79 Å². The maximum atomic E-state index is 13.3. The van der Waals surface area contributed by atoms with E-state index in [0.29, 0.717) is 12.8 Å². The van der Waals surface area contributed by atoms with Crippen LogP contribution in [0.4, 0.5) is 0 Å². The number of nitrogens with one attached hydrogen (secondary N) is 1. The van der Waals surface area contributed by atoms with Crippen molar-refractivity contribution in [2.75, 3.05) is 19.8 Å². The lowest BCUT2D eigenvalue weighted by molar-refractivity contribution is -0.359. The molecule has 2 fully saturated rings. The third-order valence-corrected chi connectivity index (χ3v) is 15.2. The average Bonchev–Trinajstić information content (AvgIpc) is 3.44. The van der Waals surface area contributed by atoms with Gasteiger partial charge in [0, 0.05) is 6.42 Å². The standard InChI is InChI=1S/C63H115NO13/c1-3-5-7-9-11-13-15-17-19-21-22-23-24-25-26-27-28-29-31-32-34-36-38-40-42-44-46-52(67)51(64-55(68)47-45-43-41-39-37-35-33-30-20-18-16-14-12-10-8-6-4-2)50-74-62-60(73)58(71)61(54(49-66)76-62)77-63-59(72)57(70)56(69)53(48-65)75-63/h12,14,18,20,36,38,44,46,51-54,56-63,65-67,69-73H,3-11,13,15-17,19,21-35,37,39-43,45,47-50H2,1-2H3,(H,64,68)/b14-12-,20-18-,38-36+,46-44+. The molecule has 12 atom stereocenters. The minimum atomic E-state index is -1.79. The second-order valence-electron chi connectivity index (χ2n) is 22.2. The highest BCUT2D eigenvalue weighted by atomic mass is 16.7.